The molecule has 2 rings (SSSR count). The van der Waals surface area contributed by atoms with Gasteiger partial charge in [-0.15, -0.1) is 11.3 Å². The van der Waals surface area contributed by atoms with Gasteiger partial charge in [0.25, 0.3) is 0 Å². The molecule has 0 spiro atoms. The number of nitrogens with zero attached hydrogens (tertiary/aromatic N) is 1. The lowest BCUT2D eigenvalue weighted by Gasteiger charge is -2.02. The van der Waals surface area contributed by atoms with Crippen LogP contribution in [0.25, 0.3) is 10.6 Å². The summed E-state index contributed by atoms with van der Waals surface area (Å²) in [5.74, 6) is 0. The summed E-state index contributed by atoms with van der Waals surface area (Å²) in [5, 5.41) is 4.53. The Morgan fingerprint density at radius 1 is 1.33 bits per heavy atom. The maximum Gasteiger partial charge on any atom is 0.127 e. The Bertz CT molecular complexity index is 462. The molecule has 0 atom stereocenters. The van der Waals surface area contributed by atoms with E-state index in [0.29, 0.717) is 0 Å². The van der Waals surface area contributed by atoms with Gasteiger partial charge in [0.05, 0.1) is 12.0 Å². The highest BCUT2D eigenvalue weighted by atomic mass is 32.1. The molecule has 2 aromatic rings. The molecule has 4 heteroatoms. The first-order valence-corrected chi connectivity index (χ1v) is 7.38. The Labute approximate surface area is 112 Å². The molecule has 0 aliphatic carbocycles. The summed E-state index contributed by atoms with van der Waals surface area (Å²) in [6, 6.07) is 1.97. The number of nitrogens with one attached hydrogen (secondary N) is 1. The smallest absolute Gasteiger partial charge is 0.127 e. The van der Waals surface area contributed by atoms with E-state index < -0.39 is 0 Å². The van der Waals surface area contributed by atoms with Crippen molar-refractivity contribution in [3.63, 3.8) is 0 Å². The first-order valence-electron chi connectivity index (χ1n) is 6.57. The number of thiazole rings is 1. The molecule has 2 aromatic heterocycles. The Balaban J connectivity index is 2.15. The number of aromatic nitrogens is 1. The molecule has 18 heavy (non-hydrogen) atoms. The Hall–Kier alpha value is -1.13. The van der Waals surface area contributed by atoms with Crippen LogP contribution in [0.3, 0.4) is 0 Å². The summed E-state index contributed by atoms with van der Waals surface area (Å²) in [4.78, 5) is 6.10. The molecule has 1 N–H and O–H groups in total. The SMILES string of the molecule is CCCNCc1sc(-c2ccoc2)nc1CCC. The highest BCUT2D eigenvalue weighted by Gasteiger charge is 2.12. The highest BCUT2D eigenvalue weighted by molar-refractivity contribution is 7.15. The van der Waals surface area contributed by atoms with Crippen molar-refractivity contribution in [3.05, 3.63) is 29.2 Å². The first-order chi connectivity index (χ1) is 8.85. The van der Waals surface area contributed by atoms with Crippen molar-refractivity contribution in [2.24, 2.45) is 0 Å². The minimum Gasteiger partial charge on any atom is -0.472 e. The predicted octanol–water partition coefficient (Wildman–Crippen LogP) is 3.86. The minimum absolute atomic E-state index is 0.929. The highest BCUT2D eigenvalue weighted by Crippen LogP contribution is 2.29. The van der Waals surface area contributed by atoms with Gasteiger partial charge in [-0.1, -0.05) is 20.3 Å². The molecule has 0 radical (unpaired) electrons. The fraction of sp³-hybridized carbons (Fsp3) is 0.500. The summed E-state index contributed by atoms with van der Waals surface area (Å²) in [6.45, 7) is 6.37. The van der Waals surface area contributed by atoms with E-state index in [2.05, 4.69) is 19.2 Å². The fourth-order valence-corrected chi connectivity index (χ4v) is 2.90. The number of aryl methyl sites for hydroxylation is 1. The normalized spacial score (nSPS) is 11.0. The summed E-state index contributed by atoms with van der Waals surface area (Å²) < 4.78 is 5.13. The van der Waals surface area contributed by atoms with Crippen LogP contribution in [0, 0.1) is 0 Å². The van der Waals surface area contributed by atoms with Gasteiger partial charge in [-0.3, -0.25) is 0 Å². The molecule has 0 fully saturated rings. The van der Waals surface area contributed by atoms with Gasteiger partial charge in [-0.2, -0.15) is 0 Å². The van der Waals surface area contributed by atoms with Crippen LogP contribution in [0.15, 0.2) is 23.0 Å². The molecule has 0 saturated heterocycles. The third-order valence-electron chi connectivity index (χ3n) is 2.75. The second-order valence-corrected chi connectivity index (χ2v) is 5.41. The van der Waals surface area contributed by atoms with Crippen LogP contribution in [0.4, 0.5) is 0 Å². The van der Waals surface area contributed by atoms with Gasteiger partial charge < -0.3 is 9.73 Å². The molecule has 0 bridgehead atoms. The third kappa shape index (κ3) is 3.21. The molecule has 98 valence electrons. The predicted molar refractivity (Wildman–Crippen MR) is 75.8 cm³/mol. The Kier molecular flexibility index (Phi) is 4.96. The third-order valence-corrected chi connectivity index (χ3v) is 3.89. The minimum atomic E-state index is 0.929. The van der Waals surface area contributed by atoms with Crippen molar-refractivity contribution in [1.29, 1.82) is 0 Å². The fourth-order valence-electron chi connectivity index (χ4n) is 1.84. The zero-order valence-electron chi connectivity index (χ0n) is 11.0. The van der Waals surface area contributed by atoms with Crippen LogP contribution in [0.2, 0.25) is 0 Å². The van der Waals surface area contributed by atoms with Crippen LogP contribution < -0.4 is 5.32 Å². The summed E-state index contributed by atoms with van der Waals surface area (Å²) >= 11 is 1.77. The maximum absolute atomic E-state index is 5.13. The summed E-state index contributed by atoms with van der Waals surface area (Å²) in [5.41, 5.74) is 2.32. The maximum atomic E-state index is 5.13. The number of hydrogen-bond acceptors (Lipinski definition) is 4. The van der Waals surface area contributed by atoms with Crippen LogP contribution in [-0.2, 0) is 13.0 Å². The van der Waals surface area contributed by atoms with Gasteiger partial charge in [0.2, 0.25) is 0 Å². The average Bonchev–Trinajstić information content (AvgIpc) is 2.99. The molecule has 0 saturated carbocycles. The monoisotopic (exact) mass is 264 g/mol. The van der Waals surface area contributed by atoms with E-state index in [0.717, 1.165) is 42.9 Å². The second-order valence-electron chi connectivity index (χ2n) is 4.33. The van der Waals surface area contributed by atoms with Crippen LogP contribution >= 0.6 is 11.3 Å². The van der Waals surface area contributed by atoms with Crippen LogP contribution in [0.5, 0.6) is 0 Å². The molecule has 0 aliphatic heterocycles. The Morgan fingerprint density at radius 2 is 2.22 bits per heavy atom. The number of furan rings is 1. The van der Waals surface area contributed by atoms with Crippen molar-refractivity contribution >= 4 is 11.3 Å². The van der Waals surface area contributed by atoms with Crippen molar-refractivity contribution < 1.29 is 4.42 Å². The molecule has 0 aliphatic rings. The van der Waals surface area contributed by atoms with Crippen LogP contribution in [-0.4, -0.2) is 11.5 Å². The zero-order chi connectivity index (χ0) is 12.8. The Morgan fingerprint density at radius 3 is 2.89 bits per heavy atom. The topological polar surface area (TPSA) is 38.1 Å². The first kappa shape index (κ1) is 13.3. The van der Waals surface area contributed by atoms with E-state index in [1.54, 1.807) is 23.9 Å². The quantitative estimate of drug-likeness (QED) is 0.772. The number of rotatable bonds is 7. The zero-order valence-corrected chi connectivity index (χ0v) is 11.8. The summed E-state index contributed by atoms with van der Waals surface area (Å²) in [6.07, 6.45) is 6.81. The lowest BCUT2D eigenvalue weighted by molar-refractivity contribution is 0.568. The lowest BCUT2D eigenvalue weighted by atomic mass is 10.2. The number of hydrogen-bond donors (Lipinski definition) is 1. The standard InChI is InChI=1S/C14H20N2OS/c1-3-5-12-13(9-15-7-4-2)18-14(16-12)11-6-8-17-10-11/h6,8,10,15H,3-5,7,9H2,1-2H3. The van der Waals surface area contributed by atoms with Crippen molar-refractivity contribution in [2.75, 3.05) is 6.54 Å². The summed E-state index contributed by atoms with van der Waals surface area (Å²) in [7, 11) is 0. The molecule has 3 nitrogen and oxygen atoms in total. The van der Waals surface area contributed by atoms with Gasteiger partial charge in [0, 0.05) is 17.0 Å². The van der Waals surface area contributed by atoms with Crippen molar-refractivity contribution in [2.45, 2.75) is 39.7 Å². The second kappa shape index (κ2) is 6.71. The van der Waals surface area contributed by atoms with Crippen LogP contribution in [0.1, 0.15) is 37.3 Å². The van der Waals surface area contributed by atoms with Gasteiger partial charge in [0.1, 0.15) is 11.3 Å². The largest absolute Gasteiger partial charge is 0.472 e. The van der Waals surface area contributed by atoms with Gasteiger partial charge in [0.15, 0.2) is 0 Å². The lowest BCUT2D eigenvalue weighted by Crippen LogP contribution is -2.13. The molecule has 0 amide bonds. The molecular weight excluding hydrogens is 244 g/mol. The molecule has 0 aromatic carbocycles. The average molecular weight is 264 g/mol. The van der Waals surface area contributed by atoms with Crippen molar-refractivity contribution in [3.8, 4) is 10.6 Å². The van der Waals surface area contributed by atoms with Gasteiger partial charge in [-0.05, 0) is 25.5 Å². The van der Waals surface area contributed by atoms with E-state index in [4.69, 9.17) is 9.40 Å². The molecular formula is C14H20N2OS. The van der Waals surface area contributed by atoms with E-state index in [9.17, 15) is 0 Å². The van der Waals surface area contributed by atoms with E-state index in [1.165, 1.54) is 10.6 Å². The van der Waals surface area contributed by atoms with E-state index in [-0.39, 0.29) is 0 Å². The van der Waals surface area contributed by atoms with Crippen molar-refractivity contribution in [1.82, 2.24) is 10.3 Å². The van der Waals surface area contributed by atoms with E-state index >= 15 is 0 Å². The van der Waals surface area contributed by atoms with Gasteiger partial charge >= 0.3 is 0 Å². The van der Waals surface area contributed by atoms with E-state index in [1.807, 2.05) is 6.07 Å². The molecule has 2 heterocycles. The van der Waals surface area contributed by atoms with Gasteiger partial charge in [-0.25, -0.2) is 4.98 Å². The molecule has 0 unspecified atom stereocenters.